The van der Waals surface area contributed by atoms with Gasteiger partial charge in [-0.05, 0) is 36.5 Å². The molecule has 1 aromatic carbocycles. The van der Waals surface area contributed by atoms with Crippen LogP contribution >= 0.6 is 0 Å². The summed E-state index contributed by atoms with van der Waals surface area (Å²) in [6.45, 7) is 0. The van der Waals surface area contributed by atoms with Crippen molar-refractivity contribution in [1.82, 2.24) is 0 Å². The van der Waals surface area contributed by atoms with Crippen LogP contribution in [-0.4, -0.2) is 5.91 Å². The number of primary amides is 1. The number of rotatable bonds is 3. The lowest BCUT2D eigenvalue weighted by molar-refractivity contribution is -0.119. The van der Waals surface area contributed by atoms with E-state index in [9.17, 15) is 9.18 Å². The van der Waals surface area contributed by atoms with Gasteiger partial charge in [-0.2, -0.15) is 0 Å². The zero-order chi connectivity index (χ0) is 10.1. The predicted molar refractivity (Wildman–Crippen MR) is 51.1 cm³/mol. The minimum Gasteiger partial charge on any atom is -0.369 e. The van der Waals surface area contributed by atoms with Crippen molar-refractivity contribution < 1.29 is 9.18 Å². The lowest BCUT2D eigenvalue weighted by Crippen LogP contribution is -2.22. The fourth-order valence-electron chi connectivity index (χ4n) is 1.77. The van der Waals surface area contributed by atoms with Crippen LogP contribution in [0.1, 0.15) is 24.3 Å². The molecule has 0 spiro atoms. The normalized spacial score (nSPS) is 17.8. The van der Waals surface area contributed by atoms with Crippen LogP contribution in [0.25, 0.3) is 0 Å². The van der Waals surface area contributed by atoms with Crippen molar-refractivity contribution in [3.63, 3.8) is 0 Å². The maximum atomic E-state index is 12.7. The Hall–Kier alpha value is -1.38. The molecule has 1 fully saturated rings. The predicted octanol–water partition coefficient (Wildman–Crippen LogP) is 1.80. The summed E-state index contributed by atoms with van der Waals surface area (Å²) < 4.78 is 12.7. The molecule has 14 heavy (non-hydrogen) atoms. The van der Waals surface area contributed by atoms with Crippen molar-refractivity contribution in [1.29, 1.82) is 0 Å². The molecule has 2 N–H and O–H groups in total. The quantitative estimate of drug-likeness (QED) is 0.781. The highest BCUT2D eigenvalue weighted by atomic mass is 19.1. The van der Waals surface area contributed by atoms with Crippen LogP contribution in [0, 0.1) is 11.7 Å². The standard InChI is InChI=1S/C11H12FNO/c12-9-5-3-8(4-6-9)10(11(13)14)7-1-2-7/h3-7,10H,1-2H2,(H2,13,14). The van der Waals surface area contributed by atoms with Crippen LogP contribution in [0.4, 0.5) is 4.39 Å². The molecule has 1 aliphatic rings. The van der Waals surface area contributed by atoms with E-state index in [-0.39, 0.29) is 17.6 Å². The van der Waals surface area contributed by atoms with Crippen LogP contribution in [-0.2, 0) is 4.79 Å². The van der Waals surface area contributed by atoms with Crippen LogP contribution in [0.15, 0.2) is 24.3 Å². The minimum atomic E-state index is -0.306. The third-order valence-electron chi connectivity index (χ3n) is 2.63. The molecule has 0 heterocycles. The van der Waals surface area contributed by atoms with Crippen LogP contribution in [0.3, 0.4) is 0 Å². The summed E-state index contributed by atoms with van der Waals surface area (Å²) in [5.41, 5.74) is 6.15. The second kappa shape index (κ2) is 3.40. The Bertz CT molecular complexity index is 343. The van der Waals surface area contributed by atoms with Gasteiger partial charge in [0.1, 0.15) is 5.82 Å². The molecule has 1 saturated carbocycles. The van der Waals surface area contributed by atoms with Gasteiger partial charge in [-0.3, -0.25) is 4.79 Å². The van der Waals surface area contributed by atoms with E-state index in [1.807, 2.05) is 0 Å². The van der Waals surface area contributed by atoms with Crippen molar-refractivity contribution in [3.05, 3.63) is 35.6 Å². The second-order valence-corrected chi connectivity index (χ2v) is 3.77. The summed E-state index contributed by atoms with van der Waals surface area (Å²) in [6.07, 6.45) is 2.09. The van der Waals surface area contributed by atoms with Gasteiger partial charge in [-0.25, -0.2) is 4.39 Å². The summed E-state index contributed by atoms with van der Waals surface area (Å²) in [5.74, 6) is -0.444. The van der Waals surface area contributed by atoms with Gasteiger partial charge < -0.3 is 5.73 Å². The summed E-state index contributed by atoms with van der Waals surface area (Å²) in [5, 5.41) is 0. The number of benzene rings is 1. The fourth-order valence-corrected chi connectivity index (χ4v) is 1.77. The minimum absolute atomic E-state index is 0.226. The van der Waals surface area contributed by atoms with Crippen molar-refractivity contribution >= 4 is 5.91 Å². The van der Waals surface area contributed by atoms with Crippen molar-refractivity contribution in [2.24, 2.45) is 11.7 Å². The molecule has 1 atom stereocenters. The first kappa shape index (κ1) is 9.19. The topological polar surface area (TPSA) is 43.1 Å². The van der Waals surface area contributed by atoms with Crippen LogP contribution in [0.5, 0.6) is 0 Å². The van der Waals surface area contributed by atoms with Gasteiger partial charge in [0.15, 0.2) is 0 Å². The zero-order valence-corrected chi connectivity index (χ0v) is 7.74. The van der Waals surface area contributed by atoms with Gasteiger partial charge in [0.25, 0.3) is 0 Å². The van der Waals surface area contributed by atoms with Crippen LogP contribution in [0.2, 0.25) is 0 Å². The molecule has 0 bridgehead atoms. The molecule has 0 radical (unpaired) electrons. The Balaban J connectivity index is 2.26. The summed E-state index contributed by atoms with van der Waals surface area (Å²) in [4.78, 5) is 11.2. The molecule has 1 aromatic rings. The first-order valence-electron chi connectivity index (χ1n) is 4.73. The molecule has 74 valence electrons. The van der Waals surface area contributed by atoms with Gasteiger partial charge in [0.05, 0.1) is 5.92 Å². The van der Waals surface area contributed by atoms with Crippen molar-refractivity contribution in [3.8, 4) is 0 Å². The number of carbonyl (C=O) groups excluding carboxylic acids is 1. The molecule has 0 aliphatic heterocycles. The van der Waals surface area contributed by atoms with Crippen molar-refractivity contribution in [2.45, 2.75) is 18.8 Å². The van der Waals surface area contributed by atoms with Gasteiger partial charge >= 0.3 is 0 Å². The lowest BCUT2D eigenvalue weighted by Gasteiger charge is -2.11. The molecule has 2 nitrogen and oxygen atoms in total. The SMILES string of the molecule is NC(=O)C(c1ccc(F)cc1)C1CC1. The van der Waals surface area contributed by atoms with E-state index in [2.05, 4.69) is 0 Å². The maximum absolute atomic E-state index is 12.7. The Labute approximate surface area is 81.9 Å². The Morgan fingerprint density at radius 2 is 1.93 bits per heavy atom. The van der Waals surface area contributed by atoms with E-state index in [0.717, 1.165) is 18.4 Å². The molecule has 3 heteroatoms. The molecule has 1 amide bonds. The second-order valence-electron chi connectivity index (χ2n) is 3.77. The summed E-state index contributed by atoms with van der Waals surface area (Å²) in [7, 11) is 0. The Morgan fingerprint density at radius 3 is 2.36 bits per heavy atom. The first-order valence-corrected chi connectivity index (χ1v) is 4.73. The smallest absolute Gasteiger partial charge is 0.225 e. The molecular formula is C11H12FNO. The largest absolute Gasteiger partial charge is 0.369 e. The highest BCUT2D eigenvalue weighted by molar-refractivity contribution is 5.82. The molecule has 0 saturated heterocycles. The average molecular weight is 193 g/mol. The average Bonchev–Trinajstić information content (AvgIpc) is 2.92. The summed E-state index contributed by atoms with van der Waals surface area (Å²) in [6, 6.07) is 6.02. The molecule has 1 aliphatic carbocycles. The number of hydrogen-bond acceptors (Lipinski definition) is 1. The third kappa shape index (κ3) is 1.76. The Kier molecular flexibility index (Phi) is 2.23. The third-order valence-corrected chi connectivity index (χ3v) is 2.63. The van der Waals surface area contributed by atoms with Gasteiger partial charge in [-0.15, -0.1) is 0 Å². The van der Waals surface area contributed by atoms with E-state index in [4.69, 9.17) is 5.73 Å². The number of hydrogen-bond donors (Lipinski definition) is 1. The zero-order valence-electron chi connectivity index (χ0n) is 7.74. The van der Waals surface area contributed by atoms with Gasteiger partial charge in [0.2, 0.25) is 5.91 Å². The monoisotopic (exact) mass is 193 g/mol. The van der Waals surface area contributed by atoms with Gasteiger partial charge in [0, 0.05) is 0 Å². The van der Waals surface area contributed by atoms with E-state index < -0.39 is 0 Å². The Morgan fingerprint density at radius 1 is 1.36 bits per heavy atom. The van der Waals surface area contributed by atoms with E-state index in [0.29, 0.717) is 5.92 Å². The molecule has 1 unspecified atom stereocenters. The highest BCUT2D eigenvalue weighted by Crippen LogP contribution is 2.42. The number of halogens is 1. The molecular weight excluding hydrogens is 181 g/mol. The van der Waals surface area contributed by atoms with E-state index in [1.54, 1.807) is 12.1 Å². The van der Waals surface area contributed by atoms with Gasteiger partial charge in [-0.1, -0.05) is 12.1 Å². The van der Waals surface area contributed by atoms with Crippen molar-refractivity contribution in [2.75, 3.05) is 0 Å². The van der Waals surface area contributed by atoms with E-state index >= 15 is 0 Å². The molecule has 0 aromatic heterocycles. The molecule has 2 rings (SSSR count). The fraction of sp³-hybridized carbons (Fsp3) is 0.364. The highest BCUT2D eigenvalue weighted by Gasteiger charge is 2.35. The number of amides is 1. The number of carbonyl (C=O) groups is 1. The lowest BCUT2D eigenvalue weighted by atomic mass is 9.94. The maximum Gasteiger partial charge on any atom is 0.225 e. The first-order chi connectivity index (χ1) is 6.68. The summed E-state index contributed by atoms with van der Waals surface area (Å²) >= 11 is 0. The number of nitrogens with two attached hydrogens (primary N) is 1. The van der Waals surface area contributed by atoms with Crippen LogP contribution < -0.4 is 5.73 Å². The van der Waals surface area contributed by atoms with E-state index in [1.165, 1.54) is 12.1 Å².